The highest BCUT2D eigenvalue weighted by Crippen LogP contribution is 1.95. The largest absolute Gasteiger partial charge is 0.370 e. The maximum absolute atomic E-state index is 5.49. The van der Waals surface area contributed by atoms with Crippen molar-refractivity contribution in [3.8, 4) is 0 Å². The van der Waals surface area contributed by atoms with Crippen LogP contribution in [0.3, 0.4) is 0 Å². The number of dihydropyridines is 1. The fourth-order valence-corrected chi connectivity index (χ4v) is 0.679. The summed E-state index contributed by atoms with van der Waals surface area (Å²) in [4.78, 5) is 0. The van der Waals surface area contributed by atoms with Crippen LogP contribution >= 0.6 is 0 Å². The van der Waals surface area contributed by atoms with Crippen molar-refractivity contribution in [1.82, 2.24) is 5.32 Å². The number of rotatable bonds is 0. The molecule has 0 bridgehead atoms. The maximum Gasteiger partial charge on any atom is 0.0935 e. The highest BCUT2D eigenvalue weighted by molar-refractivity contribution is 5.16. The molecule has 0 fully saturated rings. The highest BCUT2D eigenvalue weighted by atomic mass is 15.0. The van der Waals surface area contributed by atoms with Crippen molar-refractivity contribution in [3.05, 3.63) is 23.9 Å². The molecule has 0 saturated heterocycles. The van der Waals surface area contributed by atoms with E-state index in [4.69, 9.17) is 5.73 Å². The Balaban J connectivity index is 2.59. The predicted molar refractivity (Wildman–Crippen MR) is 34.0 cm³/mol. The topological polar surface area (TPSA) is 38.0 Å². The normalized spacial score (nSPS) is 26.8. The molecule has 8 heavy (non-hydrogen) atoms. The first-order valence-electron chi connectivity index (χ1n) is 2.66. The molecule has 1 unspecified atom stereocenters. The van der Waals surface area contributed by atoms with Gasteiger partial charge in [-0.05, 0) is 19.1 Å². The molecule has 0 radical (unpaired) electrons. The molecule has 2 nitrogen and oxygen atoms in total. The summed E-state index contributed by atoms with van der Waals surface area (Å²) in [5.74, 6) is 0. The molecule has 0 aromatic carbocycles. The third-order valence-electron chi connectivity index (χ3n) is 1.06. The van der Waals surface area contributed by atoms with E-state index >= 15 is 0 Å². The van der Waals surface area contributed by atoms with Gasteiger partial charge >= 0.3 is 0 Å². The fourth-order valence-electron chi connectivity index (χ4n) is 0.679. The Morgan fingerprint density at radius 3 is 2.88 bits per heavy atom. The first-order valence-corrected chi connectivity index (χ1v) is 2.66. The fraction of sp³-hybridized carbons (Fsp3) is 0.333. The second-order valence-corrected chi connectivity index (χ2v) is 1.90. The zero-order valence-corrected chi connectivity index (χ0v) is 4.89. The molecule has 0 spiro atoms. The Hall–Kier alpha value is -0.760. The second kappa shape index (κ2) is 2.01. The van der Waals surface area contributed by atoms with Crippen LogP contribution in [0, 0.1) is 0 Å². The highest BCUT2D eigenvalue weighted by Gasteiger charge is 1.97. The van der Waals surface area contributed by atoms with Gasteiger partial charge in [-0.3, -0.25) is 0 Å². The minimum atomic E-state index is 0.0139. The third-order valence-corrected chi connectivity index (χ3v) is 1.06. The van der Waals surface area contributed by atoms with Gasteiger partial charge in [0, 0.05) is 5.70 Å². The molecule has 0 amide bonds. The average molecular weight is 110 g/mol. The summed E-state index contributed by atoms with van der Waals surface area (Å²) < 4.78 is 0. The molecule has 1 aliphatic heterocycles. The first kappa shape index (κ1) is 5.38. The van der Waals surface area contributed by atoms with Gasteiger partial charge in [-0.25, -0.2) is 0 Å². The van der Waals surface area contributed by atoms with Crippen LogP contribution in [0.5, 0.6) is 0 Å². The van der Waals surface area contributed by atoms with Crippen molar-refractivity contribution in [3.63, 3.8) is 0 Å². The lowest BCUT2D eigenvalue weighted by molar-refractivity contribution is 0.690. The average Bonchev–Trinajstić information content (AvgIpc) is 1.64. The van der Waals surface area contributed by atoms with Gasteiger partial charge in [0.2, 0.25) is 0 Å². The molecule has 0 aromatic rings. The summed E-state index contributed by atoms with van der Waals surface area (Å²) in [5, 5.41) is 3.03. The zero-order chi connectivity index (χ0) is 5.98. The van der Waals surface area contributed by atoms with Crippen LogP contribution in [0.2, 0.25) is 0 Å². The van der Waals surface area contributed by atoms with Gasteiger partial charge in [0.25, 0.3) is 0 Å². The van der Waals surface area contributed by atoms with Crippen LogP contribution in [0.4, 0.5) is 0 Å². The minimum absolute atomic E-state index is 0.0139. The lowest BCUT2D eigenvalue weighted by Gasteiger charge is -2.13. The van der Waals surface area contributed by atoms with Crippen LogP contribution in [-0.2, 0) is 0 Å². The van der Waals surface area contributed by atoms with Crippen LogP contribution in [0.1, 0.15) is 6.92 Å². The van der Waals surface area contributed by atoms with E-state index in [1.165, 1.54) is 0 Å². The predicted octanol–water partition coefficient (Wildman–Crippen LogP) is 0.334. The molecular formula is C6H10N2. The Morgan fingerprint density at radius 2 is 2.50 bits per heavy atom. The van der Waals surface area contributed by atoms with Gasteiger partial charge < -0.3 is 11.1 Å². The smallest absolute Gasteiger partial charge is 0.0935 e. The Bertz CT molecular complexity index is 135. The van der Waals surface area contributed by atoms with E-state index in [1.54, 1.807) is 0 Å². The van der Waals surface area contributed by atoms with Gasteiger partial charge in [0.15, 0.2) is 0 Å². The summed E-state index contributed by atoms with van der Waals surface area (Å²) in [6.07, 6.45) is 5.87. The molecule has 1 rings (SSSR count). The van der Waals surface area contributed by atoms with E-state index in [0.29, 0.717) is 0 Å². The SMILES string of the molecule is CC1=CC=CC(N)N1. The number of hydrogen-bond acceptors (Lipinski definition) is 2. The van der Waals surface area contributed by atoms with Crippen molar-refractivity contribution in [2.75, 3.05) is 0 Å². The van der Waals surface area contributed by atoms with Gasteiger partial charge in [-0.15, -0.1) is 0 Å². The van der Waals surface area contributed by atoms with E-state index in [9.17, 15) is 0 Å². The van der Waals surface area contributed by atoms with E-state index in [-0.39, 0.29) is 6.17 Å². The standard InChI is InChI=1S/C6H10N2/c1-5-3-2-4-6(7)8-5/h2-4,6,8H,7H2,1H3. The third kappa shape index (κ3) is 1.10. The van der Waals surface area contributed by atoms with Crippen molar-refractivity contribution in [2.24, 2.45) is 5.73 Å². The van der Waals surface area contributed by atoms with Crippen LogP contribution in [0.15, 0.2) is 23.9 Å². The van der Waals surface area contributed by atoms with Gasteiger partial charge in [-0.1, -0.05) is 6.08 Å². The first-order chi connectivity index (χ1) is 3.79. The minimum Gasteiger partial charge on any atom is -0.370 e. The monoisotopic (exact) mass is 110 g/mol. The van der Waals surface area contributed by atoms with E-state index < -0.39 is 0 Å². The van der Waals surface area contributed by atoms with Gasteiger partial charge in [0.05, 0.1) is 6.17 Å². The molecule has 1 heterocycles. The Kier molecular flexibility index (Phi) is 1.35. The quantitative estimate of drug-likeness (QED) is 0.471. The van der Waals surface area contributed by atoms with Gasteiger partial charge in [0.1, 0.15) is 0 Å². The molecule has 1 aliphatic rings. The number of nitrogens with one attached hydrogen (secondary N) is 1. The van der Waals surface area contributed by atoms with Gasteiger partial charge in [-0.2, -0.15) is 0 Å². The zero-order valence-electron chi connectivity index (χ0n) is 4.89. The molecule has 2 heteroatoms. The molecule has 3 N–H and O–H groups in total. The molecule has 44 valence electrons. The molecule has 0 aromatic heterocycles. The summed E-state index contributed by atoms with van der Waals surface area (Å²) in [6.45, 7) is 1.99. The van der Waals surface area contributed by atoms with Crippen LogP contribution < -0.4 is 11.1 Å². The lowest BCUT2D eigenvalue weighted by Crippen LogP contribution is -2.35. The number of allylic oxidation sites excluding steroid dienone is 3. The lowest BCUT2D eigenvalue weighted by atomic mass is 10.3. The molecular weight excluding hydrogens is 100 g/mol. The summed E-state index contributed by atoms with van der Waals surface area (Å²) in [6, 6.07) is 0. The second-order valence-electron chi connectivity index (χ2n) is 1.90. The van der Waals surface area contributed by atoms with Crippen molar-refractivity contribution in [1.29, 1.82) is 0 Å². The molecule has 0 aliphatic carbocycles. The molecule has 1 atom stereocenters. The van der Waals surface area contributed by atoms with E-state index in [2.05, 4.69) is 5.32 Å². The number of hydrogen-bond donors (Lipinski definition) is 2. The van der Waals surface area contributed by atoms with Crippen molar-refractivity contribution < 1.29 is 0 Å². The molecule has 0 saturated carbocycles. The van der Waals surface area contributed by atoms with E-state index in [1.807, 2.05) is 25.2 Å². The maximum atomic E-state index is 5.49. The van der Waals surface area contributed by atoms with E-state index in [0.717, 1.165) is 5.70 Å². The summed E-state index contributed by atoms with van der Waals surface area (Å²) in [7, 11) is 0. The van der Waals surface area contributed by atoms with Crippen LogP contribution in [-0.4, -0.2) is 6.17 Å². The summed E-state index contributed by atoms with van der Waals surface area (Å²) in [5.41, 5.74) is 6.61. The Morgan fingerprint density at radius 1 is 1.75 bits per heavy atom. The Labute approximate surface area is 49.1 Å². The van der Waals surface area contributed by atoms with Crippen molar-refractivity contribution >= 4 is 0 Å². The number of nitrogens with two attached hydrogens (primary N) is 1. The van der Waals surface area contributed by atoms with Crippen molar-refractivity contribution in [2.45, 2.75) is 13.1 Å². The van der Waals surface area contributed by atoms with Crippen LogP contribution in [0.25, 0.3) is 0 Å². The summed E-state index contributed by atoms with van der Waals surface area (Å²) >= 11 is 0.